The summed E-state index contributed by atoms with van der Waals surface area (Å²) < 4.78 is 2.26. The molecule has 4 unspecified atom stereocenters. The Labute approximate surface area is 228 Å². The first-order chi connectivity index (χ1) is 17.7. The van der Waals surface area contributed by atoms with E-state index in [1.165, 1.54) is 82.0 Å². The van der Waals surface area contributed by atoms with Gasteiger partial charge in [-0.15, -0.1) is 6.42 Å². The van der Waals surface area contributed by atoms with E-state index in [0.29, 0.717) is 22.2 Å². The quantitative estimate of drug-likeness (QED) is 0.202. The normalized spacial score (nSPS) is 43.5. The minimum atomic E-state index is 0.397. The predicted octanol–water partition coefficient (Wildman–Crippen LogP) is 9.47. The van der Waals surface area contributed by atoms with Crippen molar-refractivity contribution in [2.45, 2.75) is 112 Å². The van der Waals surface area contributed by atoms with Crippen LogP contribution in [0.25, 0.3) is 0 Å². The molecule has 0 amide bonds. The number of allylic oxidation sites excluding steroid dienone is 7. The zero-order valence-corrected chi connectivity index (χ0v) is 24.5. The molecule has 4 saturated carbocycles. The molecule has 0 radical (unpaired) electrons. The fourth-order valence-corrected chi connectivity index (χ4v) is 10.5. The second-order valence-corrected chi connectivity index (χ2v) is 14.3. The van der Waals surface area contributed by atoms with Crippen molar-refractivity contribution in [2.24, 2.45) is 45.8 Å². The van der Waals surface area contributed by atoms with E-state index in [1.807, 2.05) is 0 Å². The molecule has 0 spiro atoms. The third kappa shape index (κ3) is 4.45. The van der Waals surface area contributed by atoms with Crippen LogP contribution in [0.15, 0.2) is 47.3 Å². The van der Waals surface area contributed by atoms with Crippen LogP contribution in [0.3, 0.4) is 0 Å². The molecule has 0 bridgehead atoms. The van der Waals surface area contributed by atoms with Gasteiger partial charge in [-0.25, -0.2) is 0 Å². The summed E-state index contributed by atoms with van der Waals surface area (Å²) in [4.78, 5) is 0. The molecule has 37 heavy (non-hydrogen) atoms. The summed E-state index contributed by atoms with van der Waals surface area (Å²) in [5, 5.41) is 0. The molecule has 0 N–H and O–H groups in total. The summed E-state index contributed by atoms with van der Waals surface area (Å²) in [5.41, 5.74) is 5.21. The third-order valence-electron chi connectivity index (χ3n) is 12.5. The number of fused-ring (bicyclic) bond motifs is 5. The lowest BCUT2D eigenvalue weighted by atomic mass is 9.43. The van der Waals surface area contributed by atoms with E-state index < -0.39 is 0 Å². The highest BCUT2D eigenvalue weighted by Crippen LogP contribution is 2.69. The topological polar surface area (TPSA) is 3.01 Å². The van der Waals surface area contributed by atoms with Crippen molar-refractivity contribution >= 4 is 6.72 Å². The molecular formula is C36H52N+. The summed E-state index contributed by atoms with van der Waals surface area (Å²) in [6.45, 7) is 17.2. The number of rotatable bonds is 5. The van der Waals surface area contributed by atoms with Crippen molar-refractivity contribution in [3.8, 4) is 12.3 Å². The van der Waals surface area contributed by atoms with E-state index in [-0.39, 0.29) is 0 Å². The summed E-state index contributed by atoms with van der Waals surface area (Å²) in [6, 6.07) is 0. The first-order valence-electron chi connectivity index (χ1n) is 15.5. The largest absolute Gasteiger partial charge is 0.190 e. The molecule has 1 nitrogen and oxygen atoms in total. The van der Waals surface area contributed by atoms with E-state index in [4.69, 9.17) is 6.42 Å². The summed E-state index contributed by atoms with van der Waals surface area (Å²) in [7, 11) is 0. The van der Waals surface area contributed by atoms with Gasteiger partial charge in [0.2, 0.25) is 0 Å². The highest BCUT2D eigenvalue weighted by Gasteiger charge is 2.62. The van der Waals surface area contributed by atoms with Crippen LogP contribution in [0.1, 0.15) is 112 Å². The van der Waals surface area contributed by atoms with Crippen LogP contribution in [-0.2, 0) is 0 Å². The van der Waals surface area contributed by atoms with Crippen LogP contribution in [0.4, 0.5) is 0 Å². The number of nitrogens with zero attached hydrogens (tertiary/aromatic N) is 1. The number of terminal acetylenes is 1. The average molecular weight is 499 g/mol. The summed E-state index contributed by atoms with van der Waals surface area (Å²) in [6.07, 6.45) is 33.1. The molecule has 1 heteroatoms. The van der Waals surface area contributed by atoms with Crippen molar-refractivity contribution in [1.82, 2.24) is 0 Å². The van der Waals surface area contributed by atoms with Gasteiger partial charge in [0, 0.05) is 17.6 Å². The van der Waals surface area contributed by atoms with Crippen LogP contribution in [0.2, 0.25) is 0 Å². The van der Waals surface area contributed by atoms with Crippen LogP contribution < -0.4 is 0 Å². The average Bonchev–Trinajstić information content (AvgIpc) is 3.06. The van der Waals surface area contributed by atoms with Gasteiger partial charge in [0.25, 0.3) is 0 Å². The molecule has 0 heterocycles. The van der Waals surface area contributed by atoms with Gasteiger partial charge in [0.1, 0.15) is 6.72 Å². The van der Waals surface area contributed by atoms with Crippen molar-refractivity contribution < 1.29 is 4.58 Å². The van der Waals surface area contributed by atoms with Crippen LogP contribution in [0, 0.1) is 58.2 Å². The van der Waals surface area contributed by atoms with Gasteiger partial charge < -0.3 is 0 Å². The Morgan fingerprint density at radius 1 is 1.05 bits per heavy atom. The lowest BCUT2D eigenvalue weighted by Crippen LogP contribution is -2.54. The van der Waals surface area contributed by atoms with Crippen molar-refractivity contribution in [2.75, 3.05) is 0 Å². The molecule has 5 aliphatic rings. The van der Waals surface area contributed by atoms with E-state index >= 15 is 0 Å². The van der Waals surface area contributed by atoms with Gasteiger partial charge >= 0.3 is 0 Å². The summed E-state index contributed by atoms with van der Waals surface area (Å²) in [5.74, 6) is 7.09. The van der Waals surface area contributed by atoms with Crippen molar-refractivity contribution in [1.29, 1.82) is 0 Å². The van der Waals surface area contributed by atoms with E-state index in [2.05, 4.69) is 82.2 Å². The zero-order chi connectivity index (χ0) is 26.4. The maximum absolute atomic E-state index is 5.66. The Balaban J connectivity index is 1.36. The highest BCUT2D eigenvalue weighted by atomic mass is 15.0. The predicted molar refractivity (Wildman–Crippen MR) is 158 cm³/mol. The fourth-order valence-electron chi connectivity index (χ4n) is 10.5. The monoisotopic (exact) mass is 498 g/mol. The van der Waals surface area contributed by atoms with Crippen LogP contribution in [0.5, 0.6) is 0 Å². The summed E-state index contributed by atoms with van der Waals surface area (Å²) >= 11 is 0. The SMILES string of the molecule is C#CC1=CC=C([N+](=C)/C(=C\C)[C@H]2CC[C@H]3C4CC[C@@H]5CC(C)(CCC)CCC5(C)[C@H]4CCC23C)CC=C1. The lowest BCUT2D eigenvalue weighted by Gasteiger charge is -2.62. The fraction of sp³-hybridized carbons (Fsp3) is 0.694. The molecule has 8 atom stereocenters. The van der Waals surface area contributed by atoms with Gasteiger partial charge in [0.05, 0.1) is 6.42 Å². The third-order valence-corrected chi connectivity index (χ3v) is 12.5. The lowest BCUT2D eigenvalue weighted by molar-refractivity contribution is -0.427. The zero-order valence-electron chi connectivity index (χ0n) is 24.5. The Morgan fingerprint density at radius 3 is 2.57 bits per heavy atom. The second kappa shape index (κ2) is 10.1. The highest BCUT2D eigenvalue weighted by molar-refractivity contribution is 5.41. The van der Waals surface area contributed by atoms with Gasteiger partial charge in [0.15, 0.2) is 11.4 Å². The van der Waals surface area contributed by atoms with Gasteiger partial charge in [-0.3, -0.25) is 0 Å². The van der Waals surface area contributed by atoms with E-state index in [1.54, 1.807) is 0 Å². The van der Waals surface area contributed by atoms with Crippen molar-refractivity contribution in [3.05, 3.63) is 47.3 Å². The Morgan fingerprint density at radius 2 is 1.84 bits per heavy atom. The van der Waals surface area contributed by atoms with Crippen LogP contribution >= 0.6 is 0 Å². The van der Waals surface area contributed by atoms with E-state index in [9.17, 15) is 0 Å². The number of hydrogen-bond acceptors (Lipinski definition) is 0. The molecule has 0 aromatic heterocycles. The van der Waals surface area contributed by atoms with Gasteiger partial charge in [-0.2, -0.15) is 4.58 Å². The molecule has 4 fully saturated rings. The minimum Gasteiger partial charge on any atom is -0.175 e. The first-order valence-corrected chi connectivity index (χ1v) is 15.5. The minimum absolute atomic E-state index is 0.397. The Kier molecular flexibility index (Phi) is 7.28. The van der Waals surface area contributed by atoms with Gasteiger partial charge in [-0.05, 0) is 129 Å². The van der Waals surface area contributed by atoms with Crippen molar-refractivity contribution in [3.63, 3.8) is 0 Å². The Bertz CT molecular complexity index is 1080. The Hall–Kier alpha value is -1.81. The standard InChI is InChI=1S/C36H52N/c1-8-21-34(4)23-24-35(5)27(25-34)15-17-29-30-18-19-32(36(30,6)22-20-31(29)35)33(10-3)37(7)28-13-11-12-26(9-2)14-16-28/h2,10-12,14,16,27,29-32H,7-8,13,15,17-25H2,1,3-6H3/q+1/b33-10-/t27-,29?,30+,31+,32-,34?,35?,36?/m1/s1. The number of hydrogen-bond donors (Lipinski definition) is 0. The second-order valence-electron chi connectivity index (χ2n) is 14.3. The maximum Gasteiger partial charge on any atom is 0.190 e. The maximum atomic E-state index is 5.66. The molecule has 0 aromatic rings. The molecule has 5 aliphatic carbocycles. The molecule has 0 aromatic carbocycles. The first kappa shape index (κ1) is 26.8. The van der Waals surface area contributed by atoms with E-state index in [0.717, 1.165) is 35.7 Å². The van der Waals surface area contributed by atoms with Gasteiger partial charge in [-0.1, -0.05) is 46.1 Å². The van der Waals surface area contributed by atoms with Crippen LogP contribution in [-0.4, -0.2) is 11.3 Å². The molecular weight excluding hydrogens is 446 g/mol. The molecule has 5 rings (SSSR count). The smallest absolute Gasteiger partial charge is 0.175 e. The molecule has 0 saturated heterocycles. The molecule has 200 valence electrons. The molecule has 0 aliphatic heterocycles.